The van der Waals surface area contributed by atoms with Crippen LogP contribution in [0.3, 0.4) is 0 Å². The van der Waals surface area contributed by atoms with Gasteiger partial charge >= 0.3 is 0 Å². The minimum absolute atomic E-state index is 0.217. The van der Waals surface area contributed by atoms with Crippen molar-refractivity contribution < 1.29 is 4.74 Å². The summed E-state index contributed by atoms with van der Waals surface area (Å²) in [6.07, 6.45) is 3.45. The third-order valence-electron chi connectivity index (χ3n) is 2.50. The Hall–Kier alpha value is -1.88. The second-order valence-electron chi connectivity index (χ2n) is 3.49. The fourth-order valence-electron chi connectivity index (χ4n) is 1.56. The second kappa shape index (κ2) is 4.32. The summed E-state index contributed by atoms with van der Waals surface area (Å²) < 4.78 is 6.75. The van der Waals surface area contributed by atoms with Crippen LogP contribution in [-0.2, 0) is 7.05 Å². The van der Waals surface area contributed by atoms with E-state index in [9.17, 15) is 0 Å². The maximum Gasteiger partial charge on any atom is 0.212 e. The second-order valence-corrected chi connectivity index (χ2v) is 3.49. The van der Waals surface area contributed by atoms with Gasteiger partial charge in [0.15, 0.2) is 0 Å². The van der Waals surface area contributed by atoms with Crippen LogP contribution in [0.25, 0.3) is 0 Å². The molecule has 2 N–H and O–H groups in total. The number of methoxy groups -OCH3 is 1. The predicted molar refractivity (Wildman–Crippen MR) is 60.0 cm³/mol. The summed E-state index contributed by atoms with van der Waals surface area (Å²) in [6.45, 7) is 0. The maximum atomic E-state index is 6.11. The quantitative estimate of drug-likeness (QED) is 0.830. The molecule has 5 nitrogen and oxygen atoms in total. The number of nitrogens with zero attached hydrogens (tertiary/aromatic N) is 3. The molecule has 1 unspecified atom stereocenters. The molecule has 2 aromatic heterocycles. The zero-order chi connectivity index (χ0) is 11.5. The summed E-state index contributed by atoms with van der Waals surface area (Å²) in [4.78, 5) is 4.13. The molecule has 0 bridgehead atoms. The van der Waals surface area contributed by atoms with Crippen molar-refractivity contribution in [3.63, 3.8) is 0 Å². The van der Waals surface area contributed by atoms with Crippen LogP contribution >= 0.6 is 0 Å². The number of aryl methyl sites for hydroxylation is 1. The number of rotatable bonds is 3. The lowest BCUT2D eigenvalue weighted by atomic mass is 10.1. The highest BCUT2D eigenvalue weighted by Gasteiger charge is 2.12. The molecule has 0 saturated carbocycles. The molecule has 2 heterocycles. The summed E-state index contributed by atoms with van der Waals surface area (Å²) in [7, 11) is 3.45. The molecule has 0 spiro atoms. The van der Waals surface area contributed by atoms with Crippen LogP contribution in [0.2, 0.25) is 0 Å². The summed E-state index contributed by atoms with van der Waals surface area (Å²) in [5.74, 6) is 0.584. The van der Waals surface area contributed by atoms with Crippen LogP contribution in [0.4, 0.5) is 0 Å². The summed E-state index contributed by atoms with van der Waals surface area (Å²) in [6, 6.07) is 5.38. The molecule has 84 valence electrons. The fourth-order valence-corrected chi connectivity index (χ4v) is 1.56. The van der Waals surface area contributed by atoms with Crippen LogP contribution in [0.1, 0.15) is 17.3 Å². The molecule has 0 aliphatic rings. The number of nitrogens with two attached hydrogens (primary N) is 1. The maximum absolute atomic E-state index is 6.11. The van der Waals surface area contributed by atoms with E-state index in [1.165, 1.54) is 0 Å². The molecule has 0 aliphatic carbocycles. The third-order valence-corrected chi connectivity index (χ3v) is 2.50. The van der Waals surface area contributed by atoms with Crippen molar-refractivity contribution >= 4 is 0 Å². The van der Waals surface area contributed by atoms with Crippen molar-refractivity contribution in [2.75, 3.05) is 7.11 Å². The van der Waals surface area contributed by atoms with E-state index in [-0.39, 0.29) is 6.04 Å². The van der Waals surface area contributed by atoms with Gasteiger partial charge in [0.25, 0.3) is 0 Å². The Balaban J connectivity index is 2.27. The van der Waals surface area contributed by atoms with E-state index >= 15 is 0 Å². The highest BCUT2D eigenvalue weighted by Crippen LogP contribution is 2.19. The van der Waals surface area contributed by atoms with Gasteiger partial charge in [-0.25, -0.2) is 4.98 Å². The SMILES string of the molecule is COc1ccc(C(N)c2ccnn2C)cn1. The third kappa shape index (κ3) is 1.90. The van der Waals surface area contributed by atoms with Gasteiger partial charge in [0.2, 0.25) is 5.88 Å². The van der Waals surface area contributed by atoms with Gasteiger partial charge in [-0.1, -0.05) is 6.07 Å². The van der Waals surface area contributed by atoms with Crippen molar-refractivity contribution in [3.05, 3.63) is 41.9 Å². The summed E-state index contributed by atoms with van der Waals surface area (Å²) in [5.41, 5.74) is 8.00. The number of hydrogen-bond acceptors (Lipinski definition) is 4. The first-order valence-electron chi connectivity index (χ1n) is 4.96. The van der Waals surface area contributed by atoms with Gasteiger partial charge in [-0.2, -0.15) is 5.10 Å². The average molecular weight is 218 g/mol. The van der Waals surface area contributed by atoms with E-state index in [0.29, 0.717) is 5.88 Å². The van der Waals surface area contributed by atoms with E-state index in [1.54, 1.807) is 30.3 Å². The first-order chi connectivity index (χ1) is 7.72. The predicted octanol–water partition coefficient (Wildman–Crippen LogP) is 0.872. The van der Waals surface area contributed by atoms with E-state index in [1.807, 2.05) is 19.2 Å². The fraction of sp³-hybridized carbons (Fsp3) is 0.273. The number of pyridine rings is 1. The van der Waals surface area contributed by atoms with Crippen molar-refractivity contribution in [3.8, 4) is 5.88 Å². The molecule has 0 saturated heterocycles. The zero-order valence-electron chi connectivity index (χ0n) is 9.29. The van der Waals surface area contributed by atoms with Crippen LogP contribution in [0.5, 0.6) is 5.88 Å². The molecule has 0 radical (unpaired) electrons. The first-order valence-corrected chi connectivity index (χ1v) is 4.96. The Kier molecular flexibility index (Phi) is 2.87. The standard InChI is InChI=1S/C11H14N4O/c1-15-9(5-6-14-15)11(12)8-3-4-10(16-2)13-7-8/h3-7,11H,12H2,1-2H3. The normalized spacial score (nSPS) is 12.4. The Morgan fingerprint density at radius 2 is 2.19 bits per heavy atom. The summed E-state index contributed by atoms with van der Waals surface area (Å²) in [5, 5.41) is 4.09. The van der Waals surface area contributed by atoms with Gasteiger partial charge in [-0.05, 0) is 11.6 Å². The largest absolute Gasteiger partial charge is 0.481 e. The van der Waals surface area contributed by atoms with Crippen molar-refractivity contribution in [2.24, 2.45) is 12.8 Å². The number of hydrogen-bond donors (Lipinski definition) is 1. The van der Waals surface area contributed by atoms with Crippen LogP contribution < -0.4 is 10.5 Å². The van der Waals surface area contributed by atoms with Gasteiger partial charge in [-0.3, -0.25) is 4.68 Å². The molecule has 0 fully saturated rings. The van der Waals surface area contributed by atoms with Crippen molar-refractivity contribution in [1.82, 2.24) is 14.8 Å². The molecule has 2 aromatic rings. The molecular formula is C11H14N4O. The minimum Gasteiger partial charge on any atom is -0.481 e. The molecule has 1 atom stereocenters. The number of aromatic nitrogens is 3. The lowest BCUT2D eigenvalue weighted by Gasteiger charge is -2.12. The van der Waals surface area contributed by atoms with E-state index in [4.69, 9.17) is 10.5 Å². The van der Waals surface area contributed by atoms with Crippen molar-refractivity contribution in [2.45, 2.75) is 6.04 Å². The van der Waals surface area contributed by atoms with Gasteiger partial charge in [0.05, 0.1) is 18.8 Å². The molecule has 2 rings (SSSR count). The van der Waals surface area contributed by atoms with Gasteiger partial charge < -0.3 is 10.5 Å². The smallest absolute Gasteiger partial charge is 0.212 e. The monoisotopic (exact) mass is 218 g/mol. The lowest BCUT2D eigenvalue weighted by Crippen LogP contribution is -2.16. The molecule has 0 aliphatic heterocycles. The molecular weight excluding hydrogens is 204 g/mol. The lowest BCUT2D eigenvalue weighted by molar-refractivity contribution is 0.397. The van der Waals surface area contributed by atoms with Gasteiger partial charge in [0, 0.05) is 25.5 Å². The number of ether oxygens (including phenoxy) is 1. The first kappa shape index (κ1) is 10.6. The zero-order valence-corrected chi connectivity index (χ0v) is 9.29. The van der Waals surface area contributed by atoms with Gasteiger partial charge in [-0.15, -0.1) is 0 Å². The molecule has 0 aromatic carbocycles. The Morgan fingerprint density at radius 3 is 2.69 bits per heavy atom. The van der Waals surface area contributed by atoms with Gasteiger partial charge in [0.1, 0.15) is 0 Å². The topological polar surface area (TPSA) is 66.0 Å². The van der Waals surface area contributed by atoms with E-state index in [0.717, 1.165) is 11.3 Å². The highest BCUT2D eigenvalue weighted by molar-refractivity contribution is 5.27. The van der Waals surface area contributed by atoms with Crippen LogP contribution in [0.15, 0.2) is 30.6 Å². The average Bonchev–Trinajstić information content (AvgIpc) is 2.75. The molecule has 5 heteroatoms. The van der Waals surface area contributed by atoms with Crippen molar-refractivity contribution in [1.29, 1.82) is 0 Å². The molecule has 16 heavy (non-hydrogen) atoms. The van der Waals surface area contributed by atoms with E-state index < -0.39 is 0 Å². The Morgan fingerprint density at radius 1 is 1.38 bits per heavy atom. The minimum atomic E-state index is -0.217. The summed E-state index contributed by atoms with van der Waals surface area (Å²) >= 11 is 0. The Labute approximate surface area is 93.9 Å². The van der Waals surface area contributed by atoms with Crippen LogP contribution in [-0.4, -0.2) is 21.9 Å². The van der Waals surface area contributed by atoms with E-state index in [2.05, 4.69) is 10.1 Å². The highest BCUT2D eigenvalue weighted by atomic mass is 16.5. The van der Waals surface area contributed by atoms with Crippen LogP contribution in [0, 0.1) is 0 Å². The Bertz CT molecular complexity index is 463. The molecule has 0 amide bonds.